The monoisotopic (exact) mass is 317 g/mol. The van der Waals surface area contributed by atoms with Gasteiger partial charge >= 0.3 is 12.1 Å². The maximum atomic E-state index is 11.5. The second-order valence-electron chi connectivity index (χ2n) is 3.82. The molecule has 1 amide bonds. The number of alkyl carbamates (subject to hydrolysis) is 1. The van der Waals surface area contributed by atoms with E-state index in [1.54, 1.807) is 18.2 Å². The Morgan fingerprint density at radius 1 is 1.45 bits per heavy atom. The van der Waals surface area contributed by atoms with Crippen molar-refractivity contribution in [1.29, 1.82) is 0 Å². The second kappa shape index (κ2) is 7.77. The normalized spacial score (nSPS) is 11.5. The van der Waals surface area contributed by atoms with E-state index in [0.717, 1.165) is 0 Å². The summed E-state index contributed by atoms with van der Waals surface area (Å²) in [6.07, 6.45) is 0.300. The molecule has 0 aliphatic carbocycles. The van der Waals surface area contributed by atoms with Gasteiger partial charge in [0.2, 0.25) is 0 Å². The lowest BCUT2D eigenvalue weighted by atomic mass is 10.0. The van der Waals surface area contributed by atoms with Crippen LogP contribution in [0.5, 0.6) is 0 Å². The van der Waals surface area contributed by atoms with Gasteiger partial charge in [-0.25, -0.2) is 4.79 Å². The molecule has 2 N–H and O–H groups in total. The van der Waals surface area contributed by atoms with Gasteiger partial charge in [-0.2, -0.15) is 0 Å². The molecule has 0 fully saturated rings. The van der Waals surface area contributed by atoms with Crippen LogP contribution in [0.4, 0.5) is 4.79 Å². The number of nitrogens with one attached hydrogen (secondary N) is 1. The summed E-state index contributed by atoms with van der Waals surface area (Å²) in [4.78, 5) is 22.4. The van der Waals surface area contributed by atoms with Crippen molar-refractivity contribution < 1.29 is 19.4 Å². The Kier molecular flexibility index (Phi) is 6.35. The molecule has 5 nitrogen and oxygen atoms in total. The number of hydrogen-bond acceptors (Lipinski definition) is 3. The van der Waals surface area contributed by atoms with Crippen molar-refractivity contribution in [3.05, 3.63) is 46.5 Å². The fourth-order valence-electron chi connectivity index (χ4n) is 1.52. The number of aliphatic carboxylic acids is 1. The van der Waals surface area contributed by atoms with Gasteiger partial charge in [-0.3, -0.25) is 4.79 Å². The molecule has 0 aliphatic heterocycles. The quantitative estimate of drug-likeness (QED) is 0.788. The Labute approximate surface area is 126 Å². The molecular weight excluding hydrogens is 305 g/mol. The minimum Gasteiger partial charge on any atom is -0.481 e. The van der Waals surface area contributed by atoms with E-state index in [0.29, 0.717) is 5.56 Å². The number of carboxylic acid groups (broad SMARTS) is 1. The Bertz CT molecular complexity index is 519. The fraction of sp³-hybridized carbons (Fsp3) is 0.231. The van der Waals surface area contributed by atoms with Gasteiger partial charge in [-0.1, -0.05) is 48.0 Å². The number of benzene rings is 1. The van der Waals surface area contributed by atoms with Crippen molar-refractivity contribution in [2.24, 2.45) is 0 Å². The van der Waals surface area contributed by atoms with Gasteiger partial charge in [0.1, 0.15) is 6.61 Å². The van der Waals surface area contributed by atoms with Crippen molar-refractivity contribution in [2.45, 2.75) is 12.5 Å². The van der Waals surface area contributed by atoms with Crippen molar-refractivity contribution in [1.82, 2.24) is 5.32 Å². The Morgan fingerprint density at radius 3 is 2.75 bits per heavy atom. The summed E-state index contributed by atoms with van der Waals surface area (Å²) in [5.41, 5.74) is 0.414. The van der Waals surface area contributed by atoms with E-state index in [9.17, 15) is 9.59 Å². The van der Waals surface area contributed by atoms with Crippen LogP contribution >= 0.6 is 23.2 Å². The first-order chi connectivity index (χ1) is 9.45. The van der Waals surface area contributed by atoms with E-state index in [4.69, 9.17) is 33.0 Å². The molecule has 0 spiro atoms. The molecule has 0 unspecified atom stereocenters. The second-order valence-corrected chi connectivity index (χ2v) is 4.61. The first-order valence-corrected chi connectivity index (χ1v) is 6.41. The third-order valence-electron chi connectivity index (χ3n) is 2.36. The predicted molar refractivity (Wildman–Crippen MR) is 76.1 cm³/mol. The van der Waals surface area contributed by atoms with Crippen LogP contribution in [0.2, 0.25) is 10.0 Å². The number of rotatable bonds is 6. The van der Waals surface area contributed by atoms with Crippen molar-refractivity contribution in [3.8, 4) is 0 Å². The molecule has 0 aliphatic rings. The zero-order valence-electron chi connectivity index (χ0n) is 10.4. The summed E-state index contributed by atoms with van der Waals surface area (Å²) in [7, 11) is 0. The van der Waals surface area contributed by atoms with E-state index in [-0.39, 0.29) is 23.1 Å². The molecule has 1 aromatic carbocycles. The highest BCUT2D eigenvalue weighted by Crippen LogP contribution is 2.31. The molecule has 108 valence electrons. The minimum absolute atomic E-state index is 0.0227. The van der Waals surface area contributed by atoms with E-state index >= 15 is 0 Å². The Morgan fingerprint density at radius 2 is 2.15 bits per heavy atom. The molecule has 0 radical (unpaired) electrons. The average Bonchev–Trinajstić information content (AvgIpc) is 2.38. The zero-order valence-corrected chi connectivity index (χ0v) is 11.9. The summed E-state index contributed by atoms with van der Waals surface area (Å²) >= 11 is 11.9. The maximum Gasteiger partial charge on any atom is 0.407 e. The topological polar surface area (TPSA) is 75.6 Å². The van der Waals surface area contributed by atoms with Crippen LogP contribution in [0.3, 0.4) is 0 Å². The maximum absolute atomic E-state index is 11.5. The minimum atomic E-state index is -1.09. The van der Waals surface area contributed by atoms with E-state index in [1.165, 1.54) is 6.08 Å². The number of halogens is 2. The molecule has 0 bridgehead atoms. The lowest BCUT2D eigenvalue weighted by Gasteiger charge is -2.18. The van der Waals surface area contributed by atoms with Crippen LogP contribution in [0.1, 0.15) is 18.0 Å². The lowest BCUT2D eigenvalue weighted by molar-refractivity contribution is -0.137. The van der Waals surface area contributed by atoms with Crippen LogP contribution in [0.15, 0.2) is 30.9 Å². The molecule has 1 atom stereocenters. The van der Waals surface area contributed by atoms with Crippen molar-refractivity contribution >= 4 is 35.3 Å². The van der Waals surface area contributed by atoms with Gasteiger partial charge in [-0.15, -0.1) is 0 Å². The van der Waals surface area contributed by atoms with Crippen LogP contribution in [0.25, 0.3) is 0 Å². The van der Waals surface area contributed by atoms with Crippen LogP contribution < -0.4 is 5.32 Å². The Hall–Kier alpha value is -1.72. The lowest BCUT2D eigenvalue weighted by Crippen LogP contribution is -2.31. The smallest absolute Gasteiger partial charge is 0.407 e. The summed E-state index contributed by atoms with van der Waals surface area (Å²) < 4.78 is 4.76. The molecule has 0 aromatic heterocycles. The van der Waals surface area contributed by atoms with Gasteiger partial charge < -0.3 is 15.2 Å². The highest BCUT2D eigenvalue weighted by molar-refractivity contribution is 6.42. The summed E-state index contributed by atoms with van der Waals surface area (Å²) in [6, 6.07) is 3.95. The van der Waals surface area contributed by atoms with E-state index in [1.807, 2.05) is 0 Å². The molecule has 20 heavy (non-hydrogen) atoms. The van der Waals surface area contributed by atoms with Gasteiger partial charge in [0, 0.05) is 0 Å². The highest BCUT2D eigenvalue weighted by atomic mass is 35.5. The van der Waals surface area contributed by atoms with Crippen LogP contribution in [-0.2, 0) is 9.53 Å². The Balaban J connectivity index is 2.94. The number of carbonyl (C=O) groups is 2. The number of amides is 1. The summed E-state index contributed by atoms with van der Waals surface area (Å²) in [5, 5.41) is 11.8. The molecule has 1 aromatic rings. The SMILES string of the molecule is C=CCOC(=O)N[C@H](CC(=O)O)c1cccc(Cl)c1Cl. The predicted octanol–water partition coefficient (Wildman–Crippen LogP) is 3.42. The molecule has 7 heteroatoms. The number of carboxylic acids is 1. The van der Waals surface area contributed by atoms with Gasteiger partial charge in [-0.05, 0) is 11.6 Å². The molecule has 0 saturated carbocycles. The average molecular weight is 318 g/mol. The van der Waals surface area contributed by atoms with Crippen LogP contribution in [-0.4, -0.2) is 23.8 Å². The number of ether oxygens (including phenoxy) is 1. The van der Waals surface area contributed by atoms with Gasteiger partial charge in [0.15, 0.2) is 0 Å². The van der Waals surface area contributed by atoms with E-state index in [2.05, 4.69) is 11.9 Å². The molecular formula is C13H13Cl2NO4. The highest BCUT2D eigenvalue weighted by Gasteiger charge is 2.22. The summed E-state index contributed by atoms with van der Waals surface area (Å²) in [5.74, 6) is -1.09. The summed E-state index contributed by atoms with van der Waals surface area (Å²) in [6.45, 7) is 3.43. The van der Waals surface area contributed by atoms with E-state index < -0.39 is 18.1 Å². The third kappa shape index (κ3) is 4.75. The first-order valence-electron chi connectivity index (χ1n) is 5.65. The zero-order chi connectivity index (χ0) is 15.1. The van der Waals surface area contributed by atoms with Crippen molar-refractivity contribution in [2.75, 3.05) is 6.61 Å². The number of carbonyl (C=O) groups excluding carboxylic acids is 1. The fourth-order valence-corrected chi connectivity index (χ4v) is 1.96. The largest absolute Gasteiger partial charge is 0.481 e. The first kappa shape index (κ1) is 16.3. The number of hydrogen-bond donors (Lipinski definition) is 2. The molecule has 0 saturated heterocycles. The molecule has 1 rings (SSSR count). The van der Waals surface area contributed by atoms with Gasteiger partial charge in [0.05, 0.1) is 22.5 Å². The van der Waals surface area contributed by atoms with Crippen LogP contribution in [0, 0.1) is 0 Å². The standard InChI is InChI=1S/C13H13Cl2NO4/c1-2-6-20-13(19)16-10(7-11(17)18)8-4-3-5-9(14)12(8)15/h2-5,10H,1,6-7H2,(H,16,19)(H,17,18)/t10-/m1/s1. The van der Waals surface area contributed by atoms with Crippen molar-refractivity contribution in [3.63, 3.8) is 0 Å². The van der Waals surface area contributed by atoms with Gasteiger partial charge in [0.25, 0.3) is 0 Å². The third-order valence-corrected chi connectivity index (χ3v) is 3.19. The molecule has 0 heterocycles.